The first-order valence-corrected chi connectivity index (χ1v) is 11.7. The summed E-state index contributed by atoms with van der Waals surface area (Å²) in [5.74, 6) is 1.22. The molecule has 0 aromatic heterocycles. The Balaban J connectivity index is 1.64. The molecule has 7 nitrogen and oxygen atoms in total. The molecule has 2 amide bonds. The fourth-order valence-corrected chi connectivity index (χ4v) is 4.25. The van der Waals surface area contributed by atoms with Crippen molar-refractivity contribution in [3.05, 3.63) is 53.6 Å². The average Bonchev–Trinajstić information content (AvgIpc) is 2.87. The molecule has 0 aliphatic heterocycles. The first-order valence-electron chi connectivity index (χ1n) is 11.7. The van der Waals surface area contributed by atoms with Crippen LogP contribution in [0.1, 0.15) is 54.4 Å². The van der Waals surface area contributed by atoms with Gasteiger partial charge in [0.15, 0.2) is 11.5 Å². The fourth-order valence-electron chi connectivity index (χ4n) is 4.25. The number of benzene rings is 2. The molecule has 2 aromatic carbocycles. The number of nitrogens with zero attached hydrogens (tertiary/aromatic N) is 1. The molecule has 0 heterocycles. The monoisotopic (exact) mass is 453 g/mol. The summed E-state index contributed by atoms with van der Waals surface area (Å²) >= 11 is 0. The van der Waals surface area contributed by atoms with Crippen molar-refractivity contribution < 1.29 is 19.1 Å². The highest BCUT2D eigenvalue weighted by atomic mass is 16.5. The minimum Gasteiger partial charge on any atom is -0.493 e. The Labute approximate surface area is 196 Å². The molecule has 3 N–H and O–H groups in total. The number of hydrogen-bond acceptors (Lipinski definition) is 5. The molecule has 1 aliphatic carbocycles. The van der Waals surface area contributed by atoms with Crippen molar-refractivity contribution in [1.82, 2.24) is 4.90 Å². The number of hydrogen-bond donors (Lipinski definition) is 2. The number of carbonyl (C=O) groups is 2. The Morgan fingerprint density at radius 1 is 1.00 bits per heavy atom. The molecule has 0 atom stereocenters. The molecule has 2 aromatic rings. The van der Waals surface area contributed by atoms with E-state index in [0.29, 0.717) is 42.4 Å². The van der Waals surface area contributed by atoms with Crippen LogP contribution in [0.3, 0.4) is 0 Å². The number of nitrogens with two attached hydrogens (primary N) is 1. The first-order chi connectivity index (χ1) is 16.0. The van der Waals surface area contributed by atoms with Crippen LogP contribution in [0.5, 0.6) is 11.5 Å². The van der Waals surface area contributed by atoms with Gasteiger partial charge in [-0.3, -0.25) is 9.59 Å². The predicted octanol–water partition coefficient (Wildman–Crippen LogP) is 4.21. The van der Waals surface area contributed by atoms with Gasteiger partial charge in [0.2, 0.25) is 5.91 Å². The molecule has 3 rings (SSSR count). The van der Waals surface area contributed by atoms with Crippen LogP contribution in [0.15, 0.2) is 42.5 Å². The molecular weight excluding hydrogens is 418 g/mol. The smallest absolute Gasteiger partial charge is 0.255 e. The van der Waals surface area contributed by atoms with Crippen LogP contribution in [0.2, 0.25) is 0 Å². The minimum atomic E-state index is -0.235. The van der Waals surface area contributed by atoms with Gasteiger partial charge in [-0.15, -0.1) is 0 Å². The lowest BCUT2D eigenvalue weighted by atomic mass is 9.88. The molecule has 1 saturated carbocycles. The number of methoxy groups -OCH3 is 2. The highest BCUT2D eigenvalue weighted by Gasteiger charge is 2.25. The molecule has 7 heteroatoms. The van der Waals surface area contributed by atoms with Gasteiger partial charge in [0.05, 0.1) is 14.2 Å². The third-order valence-corrected chi connectivity index (χ3v) is 6.13. The van der Waals surface area contributed by atoms with E-state index in [1.54, 1.807) is 25.3 Å². The number of nitrogens with one attached hydrogen (secondary N) is 1. The van der Waals surface area contributed by atoms with Gasteiger partial charge >= 0.3 is 0 Å². The van der Waals surface area contributed by atoms with Crippen LogP contribution >= 0.6 is 0 Å². The summed E-state index contributed by atoms with van der Waals surface area (Å²) in [5.41, 5.74) is 7.89. The standard InChI is InChI=1S/C26H35N3O4/c1-32-23-14-11-21(17-24(23)33-2)25(30)28-22-12-9-19(10-13-22)18-29(16-6-15-27)26(31)20-7-4-3-5-8-20/h9-14,17,20H,3-8,15-16,18,27H2,1-2H3,(H,28,30). The molecule has 0 bridgehead atoms. The summed E-state index contributed by atoms with van der Waals surface area (Å²) in [6.07, 6.45) is 6.25. The molecule has 0 radical (unpaired) electrons. The molecule has 33 heavy (non-hydrogen) atoms. The highest BCUT2D eigenvalue weighted by Crippen LogP contribution is 2.28. The summed E-state index contributed by atoms with van der Waals surface area (Å²) in [4.78, 5) is 27.7. The Kier molecular flexibility index (Phi) is 9.13. The van der Waals surface area contributed by atoms with Gasteiger partial charge in [-0.2, -0.15) is 0 Å². The topological polar surface area (TPSA) is 93.9 Å². The molecule has 1 fully saturated rings. The number of anilines is 1. The maximum atomic E-state index is 13.1. The summed E-state index contributed by atoms with van der Waals surface area (Å²) in [5, 5.41) is 2.90. The zero-order chi connectivity index (χ0) is 23.6. The Bertz CT molecular complexity index is 924. The van der Waals surface area contributed by atoms with Gasteiger partial charge in [-0.25, -0.2) is 0 Å². The maximum Gasteiger partial charge on any atom is 0.255 e. The highest BCUT2D eigenvalue weighted by molar-refractivity contribution is 6.04. The zero-order valence-corrected chi connectivity index (χ0v) is 19.6. The van der Waals surface area contributed by atoms with Crippen molar-refractivity contribution in [1.29, 1.82) is 0 Å². The van der Waals surface area contributed by atoms with Crippen LogP contribution in [0, 0.1) is 5.92 Å². The Hall–Kier alpha value is -3.06. The van der Waals surface area contributed by atoms with Crippen molar-refractivity contribution >= 4 is 17.5 Å². The van der Waals surface area contributed by atoms with Gasteiger partial charge in [0.1, 0.15) is 0 Å². The molecule has 0 spiro atoms. The minimum absolute atomic E-state index is 0.136. The van der Waals surface area contributed by atoms with E-state index in [-0.39, 0.29) is 17.7 Å². The Morgan fingerprint density at radius 3 is 2.33 bits per heavy atom. The number of amides is 2. The SMILES string of the molecule is COc1ccc(C(=O)Nc2ccc(CN(CCCN)C(=O)C3CCCCC3)cc2)cc1OC. The van der Waals surface area contributed by atoms with Gasteiger partial charge in [0, 0.05) is 30.3 Å². The van der Waals surface area contributed by atoms with Crippen LogP contribution in [-0.2, 0) is 11.3 Å². The average molecular weight is 454 g/mol. The lowest BCUT2D eigenvalue weighted by Gasteiger charge is -2.29. The van der Waals surface area contributed by atoms with Crippen molar-refractivity contribution in [2.45, 2.75) is 45.1 Å². The van der Waals surface area contributed by atoms with Crippen LogP contribution in [0.4, 0.5) is 5.69 Å². The van der Waals surface area contributed by atoms with Gasteiger partial charge in [-0.05, 0) is 61.7 Å². The van der Waals surface area contributed by atoms with E-state index < -0.39 is 0 Å². The van der Waals surface area contributed by atoms with Crippen LogP contribution < -0.4 is 20.5 Å². The Morgan fingerprint density at radius 2 is 1.70 bits per heavy atom. The van der Waals surface area contributed by atoms with Crippen molar-refractivity contribution in [2.24, 2.45) is 11.7 Å². The second-order valence-corrected chi connectivity index (χ2v) is 8.46. The van der Waals surface area contributed by atoms with Crippen molar-refractivity contribution in [3.8, 4) is 11.5 Å². The zero-order valence-electron chi connectivity index (χ0n) is 19.6. The lowest BCUT2D eigenvalue weighted by molar-refractivity contribution is -0.137. The molecule has 0 saturated heterocycles. The van der Waals surface area contributed by atoms with E-state index in [4.69, 9.17) is 15.2 Å². The van der Waals surface area contributed by atoms with Crippen molar-refractivity contribution in [3.63, 3.8) is 0 Å². The second kappa shape index (κ2) is 12.3. The maximum absolute atomic E-state index is 13.1. The van der Waals surface area contributed by atoms with Gasteiger partial charge in [-0.1, -0.05) is 31.4 Å². The predicted molar refractivity (Wildman–Crippen MR) is 130 cm³/mol. The summed E-state index contributed by atoms with van der Waals surface area (Å²) in [7, 11) is 3.09. The molecule has 0 unspecified atom stereocenters. The largest absolute Gasteiger partial charge is 0.493 e. The van der Waals surface area contributed by atoms with E-state index in [1.807, 2.05) is 29.2 Å². The van der Waals surface area contributed by atoms with E-state index in [2.05, 4.69) is 5.32 Å². The molecular formula is C26H35N3O4. The number of rotatable bonds is 10. The number of carbonyl (C=O) groups excluding carboxylic acids is 2. The van der Waals surface area contributed by atoms with Crippen molar-refractivity contribution in [2.75, 3.05) is 32.6 Å². The molecule has 1 aliphatic rings. The summed E-state index contributed by atoms with van der Waals surface area (Å²) in [6, 6.07) is 12.7. The second-order valence-electron chi connectivity index (χ2n) is 8.46. The molecule has 178 valence electrons. The third kappa shape index (κ3) is 6.71. The van der Waals surface area contributed by atoms with E-state index >= 15 is 0 Å². The normalized spacial score (nSPS) is 13.9. The summed E-state index contributed by atoms with van der Waals surface area (Å²) in [6.45, 7) is 1.79. The van der Waals surface area contributed by atoms with Crippen LogP contribution in [0.25, 0.3) is 0 Å². The van der Waals surface area contributed by atoms with Crippen LogP contribution in [-0.4, -0.2) is 44.0 Å². The number of ether oxygens (including phenoxy) is 2. The fraction of sp³-hybridized carbons (Fsp3) is 0.462. The quantitative estimate of drug-likeness (QED) is 0.562. The lowest BCUT2D eigenvalue weighted by Crippen LogP contribution is -2.37. The first kappa shape index (κ1) is 24.6. The van der Waals surface area contributed by atoms with E-state index in [1.165, 1.54) is 13.5 Å². The van der Waals surface area contributed by atoms with Gasteiger partial charge in [0.25, 0.3) is 5.91 Å². The van der Waals surface area contributed by atoms with Gasteiger partial charge < -0.3 is 25.4 Å². The van der Waals surface area contributed by atoms with E-state index in [0.717, 1.165) is 37.7 Å². The third-order valence-electron chi connectivity index (χ3n) is 6.13. The van der Waals surface area contributed by atoms with E-state index in [9.17, 15) is 9.59 Å². The summed E-state index contributed by atoms with van der Waals surface area (Å²) < 4.78 is 10.5.